The summed E-state index contributed by atoms with van der Waals surface area (Å²) >= 11 is 0. The molecular weight excluding hydrogens is 200 g/mol. The molecule has 1 heterocycles. The van der Waals surface area contributed by atoms with Crippen LogP contribution in [-0.2, 0) is 4.79 Å². The zero-order valence-corrected chi connectivity index (χ0v) is 9.44. The topological polar surface area (TPSA) is 42.0 Å². The van der Waals surface area contributed by atoms with Crippen LogP contribution in [0.3, 0.4) is 0 Å². The van der Waals surface area contributed by atoms with Crippen molar-refractivity contribution in [2.45, 2.75) is 26.2 Å². The van der Waals surface area contributed by atoms with Crippen LogP contribution >= 0.6 is 0 Å². The van der Waals surface area contributed by atoms with Crippen molar-refractivity contribution in [2.75, 3.05) is 5.32 Å². The molecule has 3 nitrogen and oxygen atoms in total. The Morgan fingerprint density at radius 2 is 2.06 bits per heavy atom. The molecule has 2 aliphatic carbocycles. The Kier molecular flexibility index (Phi) is 2.20. The minimum atomic E-state index is 0.180. The number of carbonyl (C=O) groups is 1. The fourth-order valence-electron chi connectivity index (χ4n) is 2.80. The predicted octanol–water partition coefficient (Wildman–Crippen LogP) is 2.37. The Bertz CT molecular complexity index is 420. The second-order valence-electron chi connectivity index (χ2n) is 5.16. The van der Waals surface area contributed by atoms with Gasteiger partial charge in [-0.2, -0.15) is 0 Å². The van der Waals surface area contributed by atoms with E-state index < -0.39 is 0 Å². The standard InChI is InChI=1S/C13H16N2O/c1-8-2-12(7-14-6-8)15-13(16)11-4-9-3-10(9)5-11/h2,6-7,9-11H,3-5H2,1H3,(H,15,16). The highest BCUT2D eigenvalue weighted by atomic mass is 16.1. The molecule has 0 saturated heterocycles. The Labute approximate surface area is 95.3 Å². The van der Waals surface area contributed by atoms with Crippen LogP contribution in [0.2, 0.25) is 0 Å². The number of anilines is 1. The molecule has 0 aliphatic heterocycles. The van der Waals surface area contributed by atoms with Crippen molar-refractivity contribution in [3.05, 3.63) is 24.0 Å². The highest BCUT2D eigenvalue weighted by molar-refractivity contribution is 5.92. The third-order valence-electron chi connectivity index (χ3n) is 3.76. The van der Waals surface area contributed by atoms with E-state index in [9.17, 15) is 4.79 Å². The van der Waals surface area contributed by atoms with Crippen molar-refractivity contribution in [1.29, 1.82) is 0 Å². The van der Waals surface area contributed by atoms with Gasteiger partial charge in [-0.25, -0.2) is 0 Å². The molecule has 2 fully saturated rings. The van der Waals surface area contributed by atoms with Gasteiger partial charge in [0.15, 0.2) is 0 Å². The quantitative estimate of drug-likeness (QED) is 0.824. The van der Waals surface area contributed by atoms with Gasteiger partial charge in [-0.1, -0.05) is 0 Å². The highest BCUT2D eigenvalue weighted by Gasteiger charge is 2.47. The molecule has 84 valence electrons. The van der Waals surface area contributed by atoms with E-state index in [1.807, 2.05) is 13.0 Å². The van der Waals surface area contributed by atoms with Crippen molar-refractivity contribution >= 4 is 11.6 Å². The molecule has 0 aromatic carbocycles. The van der Waals surface area contributed by atoms with Gasteiger partial charge in [0.2, 0.25) is 5.91 Å². The second kappa shape index (κ2) is 3.58. The molecule has 2 saturated carbocycles. The number of hydrogen-bond donors (Lipinski definition) is 1. The number of fused-ring (bicyclic) bond motifs is 1. The van der Waals surface area contributed by atoms with Crippen LogP contribution in [-0.4, -0.2) is 10.9 Å². The summed E-state index contributed by atoms with van der Waals surface area (Å²) in [6.45, 7) is 1.98. The SMILES string of the molecule is Cc1cncc(NC(=O)C2CC3CC3C2)c1. The molecule has 3 rings (SSSR count). The number of amides is 1. The Hall–Kier alpha value is -1.38. The van der Waals surface area contributed by atoms with E-state index in [1.165, 1.54) is 6.42 Å². The van der Waals surface area contributed by atoms with E-state index in [4.69, 9.17) is 0 Å². The lowest BCUT2D eigenvalue weighted by atomic mass is 10.0. The van der Waals surface area contributed by atoms with Crippen molar-refractivity contribution < 1.29 is 4.79 Å². The first kappa shape index (κ1) is 9.82. The maximum absolute atomic E-state index is 12.0. The number of hydrogen-bond acceptors (Lipinski definition) is 2. The normalized spacial score (nSPS) is 30.9. The van der Waals surface area contributed by atoms with Crippen LogP contribution in [0.4, 0.5) is 5.69 Å². The molecule has 3 heteroatoms. The van der Waals surface area contributed by atoms with Gasteiger partial charge in [0.05, 0.1) is 11.9 Å². The summed E-state index contributed by atoms with van der Waals surface area (Å²) in [5.74, 6) is 2.13. The molecule has 1 aromatic heterocycles. The van der Waals surface area contributed by atoms with Crippen molar-refractivity contribution in [2.24, 2.45) is 17.8 Å². The van der Waals surface area contributed by atoms with E-state index in [1.54, 1.807) is 12.4 Å². The van der Waals surface area contributed by atoms with Crippen molar-refractivity contribution in [1.82, 2.24) is 4.98 Å². The minimum absolute atomic E-state index is 0.180. The predicted molar refractivity (Wildman–Crippen MR) is 61.9 cm³/mol. The Morgan fingerprint density at radius 3 is 2.75 bits per heavy atom. The molecule has 1 N–H and O–H groups in total. The molecule has 2 unspecified atom stereocenters. The number of pyridine rings is 1. The lowest BCUT2D eigenvalue weighted by molar-refractivity contribution is -0.120. The number of nitrogens with zero attached hydrogens (tertiary/aromatic N) is 1. The van der Waals surface area contributed by atoms with Crippen LogP contribution < -0.4 is 5.32 Å². The van der Waals surface area contributed by atoms with Gasteiger partial charge in [-0.15, -0.1) is 0 Å². The fraction of sp³-hybridized carbons (Fsp3) is 0.538. The first-order chi connectivity index (χ1) is 7.72. The summed E-state index contributed by atoms with van der Waals surface area (Å²) in [6.07, 6.45) is 7.04. The maximum atomic E-state index is 12.0. The second-order valence-corrected chi connectivity index (χ2v) is 5.16. The van der Waals surface area contributed by atoms with E-state index in [0.29, 0.717) is 0 Å². The third-order valence-corrected chi connectivity index (χ3v) is 3.76. The molecular formula is C13H16N2O. The largest absolute Gasteiger partial charge is 0.324 e. The van der Waals surface area contributed by atoms with Gasteiger partial charge < -0.3 is 5.32 Å². The van der Waals surface area contributed by atoms with E-state index in [0.717, 1.165) is 35.9 Å². The highest BCUT2D eigenvalue weighted by Crippen LogP contribution is 2.54. The summed E-state index contributed by atoms with van der Waals surface area (Å²) in [6, 6.07) is 1.96. The molecule has 2 aliphatic rings. The number of rotatable bonds is 2. The average molecular weight is 216 g/mol. The van der Waals surface area contributed by atoms with Crippen LogP contribution in [0.5, 0.6) is 0 Å². The van der Waals surface area contributed by atoms with Crippen molar-refractivity contribution in [3.8, 4) is 0 Å². The first-order valence-electron chi connectivity index (χ1n) is 5.95. The number of carbonyl (C=O) groups excluding carboxylic acids is 1. The number of aryl methyl sites for hydroxylation is 1. The van der Waals surface area contributed by atoms with Crippen molar-refractivity contribution in [3.63, 3.8) is 0 Å². The average Bonchev–Trinajstić information content (AvgIpc) is 2.86. The molecule has 1 amide bonds. The van der Waals surface area contributed by atoms with E-state index >= 15 is 0 Å². The van der Waals surface area contributed by atoms with Gasteiger partial charge in [-0.3, -0.25) is 9.78 Å². The summed E-state index contributed by atoms with van der Waals surface area (Å²) in [5.41, 5.74) is 1.90. The molecule has 2 atom stereocenters. The number of aromatic nitrogens is 1. The molecule has 1 aromatic rings. The Morgan fingerprint density at radius 1 is 1.31 bits per heavy atom. The minimum Gasteiger partial charge on any atom is -0.324 e. The fourth-order valence-corrected chi connectivity index (χ4v) is 2.80. The van der Waals surface area contributed by atoms with E-state index in [-0.39, 0.29) is 11.8 Å². The van der Waals surface area contributed by atoms with Gasteiger partial charge in [0.1, 0.15) is 0 Å². The zero-order valence-electron chi connectivity index (χ0n) is 9.44. The molecule has 0 spiro atoms. The Balaban J connectivity index is 1.64. The van der Waals surface area contributed by atoms with Crippen LogP contribution in [0.15, 0.2) is 18.5 Å². The molecule has 0 radical (unpaired) electrons. The van der Waals surface area contributed by atoms with Gasteiger partial charge in [0, 0.05) is 12.1 Å². The number of nitrogens with one attached hydrogen (secondary N) is 1. The summed E-state index contributed by atoms with van der Waals surface area (Å²) in [4.78, 5) is 16.0. The lowest BCUT2D eigenvalue weighted by Gasteiger charge is -2.12. The zero-order chi connectivity index (χ0) is 11.1. The van der Waals surface area contributed by atoms with Gasteiger partial charge in [0.25, 0.3) is 0 Å². The summed E-state index contributed by atoms with van der Waals surface area (Å²) in [5, 5.41) is 2.96. The summed E-state index contributed by atoms with van der Waals surface area (Å²) in [7, 11) is 0. The van der Waals surface area contributed by atoms with Gasteiger partial charge in [-0.05, 0) is 49.7 Å². The van der Waals surface area contributed by atoms with Crippen LogP contribution in [0, 0.1) is 24.7 Å². The summed E-state index contributed by atoms with van der Waals surface area (Å²) < 4.78 is 0. The van der Waals surface area contributed by atoms with E-state index in [2.05, 4.69) is 10.3 Å². The monoisotopic (exact) mass is 216 g/mol. The third kappa shape index (κ3) is 1.82. The smallest absolute Gasteiger partial charge is 0.227 e. The maximum Gasteiger partial charge on any atom is 0.227 e. The van der Waals surface area contributed by atoms with Crippen LogP contribution in [0.1, 0.15) is 24.8 Å². The molecule has 16 heavy (non-hydrogen) atoms. The lowest BCUT2D eigenvalue weighted by Crippen LogP contribution is -2.21. The van der Waals surface area contributed by atoms with Crippen LogP contribution in [0.25, 0.3) is 0 Å². The van der Waals surface area contributed by atoms with Gasteiger partial charge >= 0.3 is 0 Å². The molecule has 0 bridgehead atoms. The first-order valence-corrected chi connectivity index (χ1v) is 5.95.